The summed E-state index contributed by atoms with van der Waals surface area (Å²) >= 11 is 0. The van der Waals surface area contributed by atoms with Crippen LogP contribution < -0.4 is 5.32 Å². The minimum Gasteiger partial charge on any atom is -0.480 e. The van der Waals surface area contributed by atoms with Crippen LogP contribution in [0.4, 0.5) is 4.79 Å². The van der Waals surface area contributed by atoms with E-state index in [0.717, 1.165) is 25.7 Å². The van der Waals surface area contributed by atoms with Crippen LogP contribution in [0.1, 0.15) is 38.5 Å². The van der Waals surface area contributed by atoms with Crippen molar-refractivity contribution in [3.63, 3.8) is 0 Å². The minimum absolute atomic E-state index is 0.179. The number of amides is 2. The lowest BCUT2D eigenvalue weighted by Gasteiger charge is -2.35. The number of hydrogen-bond acceptors (Lipinski definition) is 4. The summed E-state index contributed by atoms with van der Waals surface area (Å²) in [5.41, 5.74) is -1.17. The maximum atomic E-state index is 12.3. The number of nitrogens with zero attached hydrogens (tertiary/aromatic N) is 2. The quantitative estimate of drug-likeness (QED) is 0.742. The van der Waals surface area contributed by atoms with Crippen LogP contribution in [0.2, 0.25) is 0 Å². The van der Waals surface area contributed by atoms with Crippen molar-refractivity contribution in [1.29, 1.82) is 5.26 Å². The van der Waals surface area contributed by atoms with Gasteiger partial charge in [-0.3, -0.25) is 0 Å². The van der Waals surface area contributed by atoms with E-state index in [1.165, 1.54) is 4.90 Å². The first-order valence-corrected chi connectivity index (χ1v) is 7.39. The fourth-order valence-corrected chi connectivity index (χ4v) is 2.92. The van der Waals surface area contributed by atoms with Crippen molar-refractivity contribution in [1.82, 2.24) is 10.2 Å². The van der Waals surface area contributed by atoms with Crippen molar-refractivity contribution in [2.24, 2.45) is 0 Å². The van der Waals surface area contributed by atoms with Crippen molar-refractivity contribution >= 4 is 12.0 Å². The molecule has 116 valence electrons. The third-order valence-electron chi connectivity index (χ3n) is 4.21. The van der Waals surface area contributed by atoms with Crippen molar-refractivity contribution in [2.75, 3.05) is 19.7 Å². The van der Waals surface area contributed by atoms with Crippen LogP contribution in [-0.2, 0) is 9.53 Å². The van der Waals surface area contributed by atoms with Crippen LogP contribution in [-0.4, -0.2) is 53.3 Å². The molecule has 2 N–H and O–H groups in total. The molecule has 0 aromatic heterocycles. The molecule has 21 heavy (non-hydrogen) atoms. The second-order valence-corrected chi connectivity index (χ2v) is 5.67. The number of urea groups is 1. The molecule has 0 spiro atoms. The van der Waals surface area contributed by atoms with E-state index in [4.69, 9.17) is 10.00 Å². The lowest BCUT2D eigenvalue weighted by molar-refractivity contribution is -0.145. The molecule has 7 heteroatoms. The summed E-state index contributed by atoms with van der Waals surface area (Å²) in [4.78, 5) is 25.5. The van der Waals surface area contributed by atoms with Crippen LogP contribution in [0.5, 0.6) is 0 Å². The molecular weight excluding hydrogens is 274 g/mol. The average molecular weight is 295 g/mol. The van der Waals surface area contributed by atoms with Gasteiger partial charge in [0.25, 0.3) is 0 Å². The van der Waals surface area contributed by atoms with Gasteiger partial charge in [0.2, 0.25) is 0 Å². The van der Waals surface area contributed by atoms with Gasteiger partial charge in [-0.15, -0.1) is 0 Å². The molecule has 1 aliphatic carbocycles. The van der Waals surface area contributed by atoms with Crippen LogP contribution in [0.15, 0.2) is 0 Å². The molecule has 2 aliphatic rings. The number of rotatable bonds is 2. The highest BCUT2D eigenvalue weighted by molar-refractivity contribution is 5.86. The maximum Gasteiger partial charge on any atom is 0.329 e. The van der Waals surface area contributed by atoms with Crippen LogP contribution in [0.3, 0.4) is 0 Å². The SMILES string of the molecule is N#CC1CN(C(=O)NC2(C(=O)O)CCCCCC2)CCO1. The Bertz CT molecular complexity index is 438. The molecule has 1 saturated carbocycles. The summed E-state index contributed by atoms with van der Waals surface area (Å²) in [6.45, 7) is 0.851. The van der Waals surface area contributed by atoms with E-state index in [2.05, 4.69) is 5.32 Å². The lowest BCUT2D eigenvalue weighted by Crippen LogP contribution is -2.59. The van der Waals surface area contributed by atoms with Gasteiger partial charge in [-0.25, -0.2) is 9.59 Å². The fraction of sp³-hybridized carbons (Fsp3) is 0.786. The van der Waals surface area contributed by atoms with Gasteiger partial charge < -0.3 is 20.1 Å². The number of aliphatic carboxylic acids is 1. The molecule has 0 aromatic carbocycles. The average Bonchev–Trinajstić information content (AvgIpc) is 2.74. The second kappa shape index (κ2) is 6.76. The van der Waals surface area contributed by atoms with Gasteiger partial charge in [0.05, 0.1) is 19.2 Å². The van der Waals surface area contributed by atoms with E-state index in [9.17, 15) is 14.7 Å². The normalized spacial score (nSPS) is 25.5. The third kappa shape index (κ3) is 3.64. The summed E-state index contributed by atoms with van der Waals surface area (Å²) in [6.07, 6.45) is 3.88. The molecule has 0 aromatic rings. The van der Waals surface area contributed by atoms with Gasteiger partial charge in [-0.05, 0) is 12.8 Å². The second-order valence-electron chi connectivity index (χ2n) is 5.67. The highest BCUT2D eigenvalue weighted by atomic mass is 16.5. The predicted octanol–water partition coefficient (Wildman–Crippen LogP) is 1.10. The Labute approximate surface area is 123 Å². The molecule has 7 nitrogen and oxygen atoms in total. The summed E-state index contributed by atoms with van der Waals surface area (Å²) in [5, 5.41) is 21.1. The largest absolute Gasteiger partial charge is 0.480 e. The topological polar surface area (TPSA) is 103 Å². The Balaban J connectivity index is 2.04. The van der Waals surface area contributed by atoms with Crippen LogP contribution in [0.25, 0.3) is 0 Å². The number of ether oxygens (including phenoxy) is 1. The molecule has 0 radical (unpaired) electrons. The number of carboxylic acid groups (broad SMARTS) is 1. The number of hydrogen-bond donors (Lipinski definition) is 2. The zero-order valence-corrected chi connectivity index (χ0v) is 12.0. The lowest BCUT2D eigenvalue weighted by atomic mass is 9.90. The summed E-state index contributed by atoms with van der Waals surface area (Å²) in [7, 11) is 0. The van der Waals surface area contributed by atoms with E-state index in [1.807, 2.05) is 6.07 Å². The van der Waals surface area contributed by atoms with Crippen molar-refractivity contribution in [3.8, 4) is 6.07 Å². The van der Waals surface area contributed by atoms with Gasteiger partial charge >= 0.3 is 12.0 Å². The zero-order valence-electron chi connectivity index (χ0n) is 12.0. The van der Waals surface area contributed by atoms with Gasteiger partial charge in [0, 0.05) is 6.54 Å². The minimum atomic E-state index is -1.17. The maximum absolute atomic E-state index is 12.3. The van der Waals surface area contributed by atoms with Gasteiger partial charge in [0.1, 0.15) is 5.54 Å². The van der Waals surface area contributed by atoms with E-state index < -0.39 is 23.6 Å². The fourth-order valence-electron chi connectivity index (χ4n) is 2.92. The smallest absolute Gasteiger partial charge is 0.329 e. The molecule has 1 atom stereocenters. The van der Waals surface area contributed by atoms with Gasteiger partial charge in [0.15, 0.2) is 6.10 Å². The third-order valence-corrected chi connectivity index (χ3v) is 4.21. The number of morpholine rings is 1. The molecule has 2 rings (SSSR count). The Morgan fingerprint density at radius 3 is 2.52 bits per heavy atom. The molecule has 1 heterocycles. The van der Waals surface area contributed by atoms with Gasteiger partial charge in [-0.2, -0.15) is 5.26 Å². The molecule has 1 aliphatic heterocycles. The molecule has 0 bridgehead atoms. The standard InChI is InChI=1S/C14H21N3O4/c15-9-11-10-17(7-8-21-11)13(20)16-14(12(18)19)5-3-1-2-4-6-14/h11H,1-8,10H2,(H,16,20)(H,18,19). The Morgan fingerprint density at radius 1 is 1.29 bits per heavy atom. The number of carbonyl (C=O) groups excluding carboxylic acids is 1. The molecule has 1 saturated heterocycles. The van der Waals surface area contributed by atoms with Crippen LogP contribution >= 0.6 is 0 Å². The van der Waals surface area contributed by atoms with Crippen molar-refractivity contribution in [2.45, 2.75) is 50.2 Å². The van der Waals surface area contributed by atoms with E-state index in [1.54, 1.807) is 0 Å². The number of carboxylic acids is 1. The number of nitriles is 1. The van der Waals surface area contributed by atoms with Crippen molar-refractivity contribution < 1.29 is 19.4 Å². The monoisotopic (exact) mass is 295 g/mol. The highest BCUT2D eigenvalue weighted by Crippen LogP contribution is 2.28. The summed E-state index contributed by atoms with van der Waals surface area (Å²) < 4.78 is 5.19. The van der Waals surface area contributed by atoms with Gasteiger partial charge in [-0.1, -0.05) is 25.7 Å². The highest BCUT2D eigenvalue weighted by Gasteiger charge is 2.41. The predicted molar refractivity (Wildman–Crippen MR) is 73.5 cm³/mol. The summed E-state index contributed by atoms with van der Waals surface area (Å²) in [5.74, 6) is -0.970. The molecule has 1 unspecified atom stereocenters. The van der Waals surface area contributed by atoms with E-state index in [0.29, 0.717) is 26.0 Å². The summed E-state index contributed by atoms with van der Waals surface area (Å²) in [6, 6.07) is 1.56. The Morgan fingerprint density at radius 2 is 1.95 bits per heavy atom. The molecule has 2 fully saturated rings. The van der Waals surface area contributed by atoms with Crippen LogP contribution in [0, 0.1) is 11.3 Å². The van der Waals surface area contributed by atoms with E-state index >= 15 is 0 Å². The number of carbonyl (C=O) groups is 2. The zero-order chi connectivity index (χ0) is 15.3. The Kier molecular flexibility index (Phi) is 5.02. The number of nitrogens with one attached hydrogen (secondary N) is 1. The first-order chi connectivity index (χ1) is 10.1. The first kappa shape index (κ1) is 15.6. The first-order valence-electron chi connectivity index (χ1n) is 7.39. The molecule has 2 amide bonds. The Hall–Kier alpha value is -1.81. The van der Waals surface area contributed by atoms with Crippen molar-refractivity contribution in [3.05, 3.63) is 0 Å². The molecular formula is C14H21N3O4. The van der Waals surface area contributed by atoms with E-state index in [-0.39, 0.29) is 6.54 Å².